The summed E-state index contributed by atoms with van der Waals surface area (Å²) in [6.45, 7) is 1.03. The van der Waals surface area contributed by atoms with Crippen LogP contribution in [0.4, 0.5) is 11.4 Å². The number of aryl methyl sites for hydroxylation is 1. The van der Waals surface area contributed by atoms with Gasteiger partial charge >= 0.3 is 5.97 Å². The van der Waals surface area contributed by atoms with Gasteiger partial charge in [-0.2, -0.15) is 0 Å². The molecule has 0 spiro atoms. The average Bonchev–Trinajstić information content (AvgIpc) is 2.62. The van der Waals surface area contributed by atoms with Crippen LogP contribution in [0.5, 0.6) is 11.5 Å². The molecule has 0 heterocycles. The molecule has 0 atom stereocenters. The van der Waals surface area contributed by atoms with Crippen molar-refractivity contribution >= 4 is 39.2 Å². The molecule has 0 fully saturated rings. The standard InChI is InChI=1S/C17H15BrN2O7/c1-9-5-11(16(22)12(18)6-9)17(23)27-8-15(21)19-13-4-3-10(26-2)7-14(13)20(24)25/h3-7,22H,8H2,1-2H3,(H,19,21). The van der Waals surface area contributed by atoms with Crippen LogP contribution in [0.25, 0.3) is 0 Å². The van der Waals surface area contributed by atoms with Gasteiger partial charge in [-0.15, -0.1) is 0 Å². The van der Waals surface area contributed by atoms with Gasteiger partial charge in [0.25, 0.3) is 11.6 Å². The maximum Gasteiger partial charge on any atom is 0.342 e. The third-order valence-electron chi connectivity index (χ3n) is 3.44. The number of methoxy groups -OCH3 is 1. The third-order valence-corrected chi connectivity index (χ3v) is 4.04. The van der Waals surface area contributed by atoms with E-state index >= 15 is 0 Å². The van der Waals surface area contributed by atoms with Crippen LogP contribution in [-0.2, 0) is 9.53 Å². The number of nitrogens with one attached hydrogen (secondary N) is 1. The van der Waals surface area contributed by atoms with Crippen LogP contribution in [0.1, 0.15) is 15.9 Å². The van der Waals surface area contributed by atoms with E-state index in [1.165, 1.54) is 25.3 Å². The van der Waals surface area contributed by atoms with Crippen molar-refractivity contribution in [1.29, 1.82) is 0 Å². The average molecular weight is 439 g/mol. The fraction of sp³-hybridized carbons (Fsp3) is 0.176. The maximum atomic E-state index is 12.1. The van der Waals surface area contributed by atoms with E-state index < -0.39 is 23.4 Å². The van der Waals surface area contributed by atoms with Crippen molar-refractivity contribution in [3.63, 3.8) is 0 Å². The van der Waals surface area contributed by atoms with E-state index in [9.17, 15) is 24.8 Å². The van der Waals surface area contributed by atoms with Crippen LogP contribution >= 0.6 is 15.9 Å². The predicted octanol–water partition coefficient (Wildman–Crippen LogP) is 3.18. The molecule has 0 aliphatic rings. The molecule has 2 aromatic rings. The zero-order valence-electron chi connectivity index (χ0n) is 14.3. The first-order valence-electron chi connectivity index (χ1n) is 7.51. The highest BCUT2D eigenvalue weighted by molar-refractivity contribution is 9.10. The molecule has 2 N–H and O–H groups in total. The van der Waals surface area contributed by atoms with Crippen LogP contribution in [0, 0.1) is 17.0 Å². The Morgan fingerprint density at radius 3 is 2.63 bits per heavy atom. The Balaban J connectivity index is 2.07. The first-order valence-corrected chi connectivity index (χ1v) is 8.30. The van der Waals surface area contributed by atoms with Crippen molar-refractivity contribution in [3.8, 4) is 11.5 Å². The quantitative estimate of drug-likeness (QED) is 0.402. The van der Waals surface area contributed by atoms with Crippen molar-refractivity contribution in [3.05, 3.63) is 56.0 Å². The van der Waals surface area contributed by atoms with Crippen LogP contribution < -0.4 is 10.1 Å². The van der Waals surface area contributed by atoms with E-state index in [0.29, 0.717) is 10.0 Å². The zero-order chi connectivity index (χ0) is 20.1. The highest BCUT2D eigenvalue weighted by atomic mass is 79.9. The van der Waals surface area contributed by atoms with Gasteiger partial charge in [0.15, 0.2) is 6.61 Å². The van der Waals surface area contributed by atoms with E-state index in [1.807, 2.05) is 0 Å². The second kappa shape index (κ2) is 8.49. The highest BCUT2D eigenvalue weighted by Crippen LogP contribution is 2.30. The molecule has 27 heavy (non-hydrogen) atoms. The zero-order valence-corrected chi connectivity index (χ0v) is 15.9. The number of nitro groups is 1. The number of carbonyl (C=O) groups is 2. The fourth-order valence-corrected chi connectivity index (χ4v) is 2.76. The summed E-state index contributed by atoms with van der Waals surface area (Å²) in [7, 11) is 1.36. The largest absolute Gasteiger partial charge is 0.506 e. The van der Waals surface area contributed by atoms with Crippen molar-refractivity contribution in [2.45, 2.75) is 6.92 Å². The van der Waals surface area contributed by atoms with Crippen molar-refractivity contribution in [2.24, 2.45) is 0 Å². The number of rotatable bonds is 6. The summed E-state index contributed by atoms with van der Waals surface area (Å²) >= 11 is 3.11. The number of amides is 1. The summed E-state index contributed by atoms with van der Waals surface area (Å²) in [6, 6.07) is 6.93. The molecule has 0 unspecified atom stereocenters. The number of nitrogens with zero attached hydrogens (tertiary/aromatic N) is 1. The maximum absolute atomic E-state index is 12.1. The molecule has 0 aromatic heterocycles. The second-order valence-electron chi connectivity index (χ2n) is 5.41. The van der Waals surface area contributed by atoms with E-state index in [2.05, 4.69) is 21.2 Å². The molecular formula is C17H15BrN2O7. The van der Waals surface area contributed by atoms with E-state index in [-0.39, 0.29) is 28.4 Å². The smallest absolute Gasteiger partial charge is 0.342 e. The number of hydrogen-bond donors (Lipinski definition) is 2. The molecule has 2 aromatic carbocycles. The highest BCUT2D eigenvalue weighted by Gasteiger charge is 2.20. The molecular weight excluding hydrogens is 424 g/mol. The third kappa shape index (κ3) is 4.94. The summed E-state index contributed by atoms with van der Waals surface area (Å²) in [5.74, 6) is -1.73. The van der Waals surface area contributed by atoms with Gasteiger partial charge in [0, 0.05) is 0 Å². The molecule has 2 rings (SSSR count). The lowest BCUT2D eigenvalue weighted by atomic mass is 10.1. The van der Waals surface area contributed by atoms with Crippen molar-refractivity contribution in [1.82, 2.24) is 0 Å². The Morgan fingerprint density at radius 1 is 1.30 bits per heavy atom. The number of benzene rings is 2. The number of ether oxygens (including phenoxy) is 2. The van der Waals surface area contributed by atoms with Gasteiger partial charge in [0.2, 0.25) is 0 Å². The lowest BCUT2D eigenvalue weighted by Gasteiger charge is -2.10. The Kier molecular flexibility index (Phi) is 6.35. The van der Waals surface area contributed by atoms with Crippen molar-refractivity contribution < 1.29 is 29.1 Å². The monoisotopic (exact) mass is 438 g/mol. The molecule has 0 aliphatic heterocycles. The molecule has 9 nitrogen and oxygen atoms in total. The number of halogens is 1. The number of carbonyl (C=O) groups excluding carboxylic acids is 2. The van der Waals surface area contributed by atoms with E-state index in [4.69, 9.17) is 9.47 Å². The first kappa shape index (κ1) is 20.2. The summed E-state index contributed by atoms with van der Waals surface area (Å²) in [4.78, 5) is 34.5. The van der Waals surface area contributed by atoms with Gasteiger partial charge in [-0.05, 0) is 52.7 Å². The SMILES string of the molecule is COc1ccc(NC(=O)COC(=O)c2cc(C)cc(Br)c2O)c([N+](=O)[O-])c1. The summed E-state index contributed by atoms with van der Waals surface area (Å²) in [6.07, 6.45) is 0. The van der Waals surface area contributed by atoms with Crippen LogP contribution in [-0.4, -0.2) is 35.6 Å². The molecule has 10 heteroatoms. The molecule has 0 saturated carbocycles. The number of esters is 1. The molecule has 0 radical (unpaired) electrons. The minimum atomic E-state index is -0.906. The van der Waals surface area contributed by atoms with Crippen molar-refractivity contribution in [2.75, 3.05) is 19.0 Å². The minimum Gasteiger partial charge on any atom is -0.506 e. The number of anilines is 1. The molecule has 0 saturated heterocycles. The van der Waals surface area contributed by atoms with Gasteiger partial charge in [-0.3, -0.25) is 14.9 Å². The number of phenols is 1. The summed E-state index contributed by atoms with van der Waals surface area (Å²) < 4.78 is 10.1. The lowest BCUT2D eigenvalue weighted by molar-refractivity contribution is -0.384. The molecule has 0 aliphatic carbocycles. The normalized spacial score (nSPS) is 10.2. The Hall–Kier alpha value is -3.14. The Bertz CT molecular complexity index is 914. The lowest BCUT2D eigenvalue weighted by Crippen LogP contribution is -2.21. The van der Waals surface area contributed by atoms with Gasteiger partial charge in [0.1, 0.15) is 22.7 Å². The molecule has 0 bridgehead atoms. The van der Waals surface area contributed by atoms with E-state index in [0.717, 1.165) is 6.07 Å². The summed E-state index contributed by atoms with van der Waals surface area (Å²) in [5, 5.41) is 23.3. The van der Waals surface area contributed by atoms with Gasteiger partial charge in [0.05, 0.1) is 22.6 Å². The summed E-state index contributed by atoms with van der Waals surface area (Å²) in [5.41, 5.74) is 0.160. The number of nitro benzene ring substituents is 1. The fourth-order valence-electron chi connectivity index (χ4n) is 2.18. The first-order chi connectivity index (χ1) is 12.7. The Morgan fingerprint density at radius 2 is 2.00 bits per heavy atom. The number of aromatic hydroxyl groups is 1. The van der Waals surface area contributed by atoms with Crippen LogP contribution in [0.3, 0.4) is 0 Å². The minimum absolute atomic E-state index is 0.0667. The number of hydrogen-bond acceptors (Lipinski definition) is 7. The van der Waals surface area contributed by atoms with Gasteiger partial charge in [-0.1, -0.05) is 0 Å². The topological polar surface area (TPSA) is 128 Å². The molecule has 1 amide bonds. The van der Waals surface area contributed by atoms with Crippen LogP contribution in [0.15, 0.2) is 34.8 Å². The molecule has 142 valence electrons. The van der Waals surface area contributed by atoms with Gasteiger partial charge in [-0.25, -0.2) is 4.79 Å². The second-order valence-corrected chi connectivity index (χ2v) is 6.26. The van der Waals surface area contributed by atoms with Crippen LogP contribution in [0.2, 0.25) is 0 Å². The van der Waals surface area contributed by atoms with E-state index in [1.54, 1.807) is 13.0 Å². The van der Waals surface area contributed by atoms with Gasteiger partial charge < -0.3 is 19.9 Å². The Labute approximate surface area is 162 Å². The predicted molar refractivity (Wildman–Crippen MR) is 99.1 cm³/mol. The number of phenolic OH excluding ortho intramolecular Hbond substituents is 1.